The van der Waals surface area contributed by atoms with Gasteiger partial charge in [0.25, 0.3) is 0 Å². The molecule has 0 aliphatic heterocycles. The first kappa shape index (κ1) is 15.1. The van der Waals surface area contributed by atoms with Crippen LogP contribution in [0.5, 0.6) is 5.75 Å². The largest absolute Gasteiger partial charge is 0.484 e. The van der Waals surface area contributed by atoms with E-state index >= 15 is 0 Å². The third-order valence-electron chi connectivity index (χ3n) is 3.02. The molecule has 1 aromatic heterocycles. The highest BCUT2D eigenvalue weighted by molar-refractivity contribution is 7.71. The fraction of sp³-hybridized carbons (Fsp3) is 0.429. The highest BCUT2D eigenvalue weighted by Gasteiger charge is 2.08. The first-order chi connectivity index (χ1) is 9.72. The van der Waals surface area contributed by atoms with Gasteiger partial charge in [-0.05, 0) is 30.8 Å². The van der Waals surface area contributed by atoms with Crippen molar-refractivity contribution in [2.24, 2.45) is 0 Å². The summed E-state index contributed by atoms with van der Waals surface area (Å²) >= 11 is 11.3. The molecule has 20 heavy (non-hydrogen) atoms. The zero-order chi connectivity index (χ0) is 14.4. The summed E-state index contributed by atoms with van der Waals surface area (Å²) in [6.45, 7) is 3.39. The number of hydrogen-bond donors (Lipinski definition) is 1. The lowest BCUT2D eigenvalue weighted by Crippen LogP contribution is -2.08. The van der Waals surface area contributed by atoms with Gasteiger partial charge in [0.2, 0.25) is 0 Å². The second-order valence-electron chi connectivity index (χ2n) is 4.52. The topological polar surface area (TPSA) is 42.8 Å². The number of para-hydroxylation sites is 1. The van der Waals surface area contributed by atoms with Gasteiger partial charge >= 0.3 is 0 Å². The molecule has 0 aliphatic carbocycles. The number of halogens is 1. The normalized spacial score (nSPS) is 10.7. The highest BCUT2D eigenvalue weighted by Crippen LogP contribution is 2.23. The number of aromatic amines is 1. The number of ether oxygens (including phenoxy) is 1. The Morgan fingerprint density at radius 3 is 2.90 bits per heavy atom. The molecule has 1 heterocycles. The molecule has 0 unspecified atom stereocenters. The van der Waals surface area contributed by atoms with Gasteiger partial charge < -0.3 is 9.30 Å². The maximum atomic E-state index is 6.06. The van der Waals surface area contributed by atoms with Crippen molar-refractivity contribution in [3.8, 4) is 5.75 Å². The van der Waals surface area contributed by atoms with Crippen LogP contribution in [-0.2, 0) is 13.2 Å². The standard InChI is InChI=1S/C14H18ClN3OS/c1-2-3-6-9-18-13(16-17-14(18)20)10-19-12-8-5-4-7-11(12)15/h4-5,7-8H,2-3,6,9-10H2,1H3,(H,17,20). The van der Waals surface area contributed by atoms with Gasteiger partial charge in [-0.15, -0.1) is 0 Å². The van der Waals surface area contributed by atoms with Gasteiger partial charge in [0.15, 0.2) is 10.6 Å². The number of nitrogens with zero attached hydrogens (tertiary/aromatic N) is 2. The number of aromatic nitrogens is 3. The number of benzene rings is 1. The van der Waals surface area contributed by atoms with Crippen LogP contribution in [0.3, 0.4) is 0 Å². The molecule has 2 aromatic rings. The lowest BCUT2D eigenvalue weighted by Gasteiger charge is -2.09. The molecule has 0 spiro atoms. The number of rotatable bonds is 7. The quantitative estimate of drug-likeness (QED) is 0.610. The van der Waals surface area contributed by atoms with Gasteiger partial charge in [-0.3, -0.25) is 5.10 Å². The lowest BCUT2D eigenvalue weighted by molar-refractivity contribution is 0.288. The van der Waals surface area contributed by atoms with Gasteiger partial charge in [-0.1, -0.05) is 43.5 Å². The molecule has 0 saturated heterocycles. The molecule has 1 N–H and O–H groups in total. The van der Waals surface area contributed by atoms with Crippen LogP contribution in [0.15, 0.2) is 24.3 Å². The Balaban J connectivity index is 2.03. The van der Waals surface area contributed by atoms with E-state index in [4.69, 9.17) is 28.6 Å². The summed E-state index contributed by atoms with van der Waals surface area (Å²) in [6, 6.07) is 7.40. The summed E-state index contributed by atoms with van der Waals surface area (Å²) < 4.78 is 8.33. The minimum atomic E-state index is 0.350. The number of H-pyrrole nitrogens is 1. The fourth-order valence-corrected chi connectivity index (χ4v) is 2.35. The van der Waals surface area contributed by atoms with Crippen LogP contribution in [0.4, 0.5) is 0 Å². The molecule has 108 valence electrons. The Morgan fingerprint density at radius 2 is 2.15 bits per heavy atom. The van der Waals surface area contributed by atoms with E-state index in [-0.39, 0.29) is 0 Å². The molecule has 0 bridgehead atoms. The van der Waals surface area contributed by atoms with E-state index in [2.05, 4.69) is 17.1 Å². The Morgan fingerprint density at radius 1 is 1.35 bits per heavy atom. The summed E-state index contributed by atoms with van der Waals surface area (Å²) in [5, 5.41) is 7.63. The number of unbranched alkanes of at least 4 members (excludes halogenated alkanes) is 2. The molecule has 4 nitrogen and oxygen atoms in total. The van der Waals surface area contributed by atoms with Crippen LogP contribution in [0, 0.1) is 4.77 Å². The molecule has 0 aliphatic rings. The summed E-state index contributed by atoms with van der Waals surface area (Å²) in [4.78, 5) is 0. The summed E-state index contributed by atoms with van der Waals surface area (Å²) in [7, 11) is 0. The molecule has 6 heteroatoms. The predicted octanol–water partition coefficient (Wildman–Crippen LogP) is 4.36. The van der Waals surface area contributed by atoms with Gasteiger partial charge in [0.1, 0.15) is 12.4 Å². The Hall–Kier alpha value is -1.33. The summed E-state index contributed by atoms with van der Waals surface area (Å²) in [5.74, 6) is 1.45. The van der Waals surface area contributed by atoms with Crippen molar-refractivity contribution in [2.45, 2.75) is 39.3 Å². The van der Waals surface area contributed by atoms with Crippen LogP contribution in [-0.4, -0.2) is 14.8 Å². The van der Waals surface area contributed by atoms with Gasteiger partial charge in [-0.25, -0.2) is 0 Å². The fourth-order valence-electron chi connectivity index (χ4n) is 1.92. The van der Waals surface area contributed by atoms with Crippen molar-refractivity contribution in [1.82, 2.24) is 14.8 Å². The minimum Gasteiger partial charge on any atom is -0.484 e. The van der Waals surface area contributed by atoms with Crippen molar-refractivity contribution in [3.63, 3.8) is 0 Å². The maximum absolute atomic E-state index is 6.06. The molecular weight excluding hydrogens is 294 g/mol. The molecule has 0 radical (unpaired) electrons. The van der Waals surface area contributed by atoms with E-state index in [0.29, 0.717) is 22.2 Å². The first-order valence-electron chi connectivity index (χ1n) is 6.73. The summed E-state index contributed by atoms with van der Waals surface area (Å²) in [6.07, 6.45) is 3.44. The van der Waals surface area contributed by atoms with Gasteiger partial charge in [0, 0.05) is 6.54 Å². The smallest absolute Gasteiger partial charge is 0.195 e. The van der Waals surface area contributed by atoms with Crippen LogP contribution < -0.4 is 4.74 Å². The number of hydrogen-bond acceptors (Lipinski definition) is 3. The molecule has 0 amide bonds. The van der Waals surface area contributed by atoms with E-state index in [1.54, 1.807) is 6.07 Å². The van der Waals surface area contributed by atoms with Crippen molar-refractivity contribution in [2.75, 3.05) is 0 Å². The third-order valence-corrected chi connectivity index (χ3v) is 3.64. The second-order valence-corrected chi connectivity index (χ2v) is 5.32. The van der Waals surface area contributed by atoms with Crippen molar-refractivity contribution in [3.05, 3.63) is 39.9 Å². The van der Waals surface area contributed by atoms with Crippen molar-refractivity contribution < 1.29 is 4.74 Å². The van der Waals surface area contributed by atoms with E-state index in [0.717, 1.165) is 18.8 Å². The lowest BCUT2D eigenvalue weighted by atomic mass is 10.2. The molecule has 0 saturated carbocycles. The van der Waals surface area contributed by atoms with Crippen LogP contribution in [0.1, 0.15) is 32.0 Å². The number of nitrogens with one attached hydrogen (secondary N) is 1. The Bertz CT molecular complexity index is 608. The molecule has 2 rings (SSSR count). The second kappa shape index (κ2) is 7.45. The van der Waals surface area contributed by atoms with Gasteiger partial charge in [-0.2, -0.15) is 5.10 Å². The molecular formula is C14H18ClN3OS. The van der Waals surface area contributed by atoms with E-state index in [1.165, 1.54) is 12.8 Å². The monoisotopic (exact) mass is 311 g/mol. The maximum Gasteiger partial charge on any atom is 0.195 e. The van der Waals surface area contributed by atoms with E-state index in [1.807, 2.05) is 22.8 Å². The zero-order valence-electron chi connectivity index (χ0n) is 11.4. The van der Waals surface area contributed by atoms with Gasteiger partial charge in [0.05, 0.1) is 5.02 Å². The average Bonchev–Trinajstić information content (AvgIpc) is 2.79. The molecule has 0 atom stereocenters. The summed E-state index contributed by atoms with van der Waals surface area (Å²) in [5.41, 5.74) is 0. The zero-order valence-corrected chi connectivity index (χ0v) is 13.0. The first-order valence-corrected chi connectivity index (χ1v) is 7.52. The Kier molecular flexibility index (Phi) is 5.61. The van der Waals surface area contributed by atoms with E-state index in [9.17, 15) is 0 Å². The minimum absolute atomic E-state index is 0.350. The third kappa shape index (κ3) is 3.84. The predicted molar refractivity (Wildman–Crippen MR) is 82.7 cm³/mol. The SMILES string of the molecule is CCCCCn1c(COc2ccccc2Cl)n[nH]c1=S. The Labute approximate surface area is 128 Å². The van der Waals surface area contributed by atoms with Crippen molar-refractivity contribution >= 4 is 23.8 Å². The molecule has 1 aromatic carbocycles. The van der Waals surface area contributed by atoms with Crippen molar-refractivity contribution in [1.29, 1.82) is 0 Å². The van der Waals surface area contributed by atoms with Crippen LogP contribution in [0.2, 0.25) is 5.02 Å². The van der Waals surface area contributed by atoms with Crippen LogP contribution >= 0.6 is 23.8 Å². The molecule has 0 fully saturated rings. The highest BCUT2D eigenvalue weighted by atomic mass is 35.5. The van der Waals surface area contributed by atoms with Crippen LogP contribution in [0.25, 0.3) is 0 Å². The van der Waals surface area contributed by atoms with E-state index < -0.39 is 0 Å². The average molecular weight is 312 g/mol.